The maximum Gasteiger partial charge on any atom is 0.418 e. The molecule has 0 aliphatic heterocycles. The van der Waals surface area contributed by atoms with Gasteiger partial charge in [0.05, 0.1) is 0 Å². The van der Waals surface area contributed by atoms with Crippen molar-refractivity contribution in [3.05, 3.63) is 0 Å². The third kappa shape index (κ3) is 5.81. The van der Waals surface area contributed by atoms with Gasteiger partial charge in [-0.25, -0.2) is 17.1 Å². The van der Waals surface area contributed by atoms with E-state index >= 15 is 0 Å². The molecular formula is C2H4F2O7S2. The van der Waals surface area contributed by atoms with E-state index in [1.54, 1.807) is 0 Å². The lowest BCUT2D eigenvalue weighted by molar-refractivity contribution is 0.156. The fourth-order valence-corrected chi connectivity index (χ4v) is 1.60. The van der Waals surface area contributed by atoms with Crippen LogP contribution < -0.4 is 0 Å². The van der Waals surface area contributed by atoms with Crippen LogP contribution in [0.5, 0.6) is 0 Å². The minimum atomic E-state index is -5.07. The van der Waals surface area contributed by atoms with Crippen LogP contribution in [0.15, 0.2) is 0 Å². The van der Waals surface area contributed by atoms with Gasteiger partial charge in [-0.2, -0.15) is 16.8 Å². The van der Waals surface area contributed by atoms with Crippen LogP contribution in [0.1, 0.15) is 0 Å². The molecule has 0 N–H and O–H groups in total. The monoisotopic (exact) mass is 242 g/mol. The molecule has 13 heavy (non-hydrogen) atoms. The van der Waals surface area contributed by atoms with Crippen molar-refractivity contribution >= 4 is 20.8 Å². The molecule has 0 amide bonds. The lowest BCUT2D eigenvalue weighted by atomic mass is 11.6. The van der Waals surface area contributed by atoms with Crippen LogP contribution >= 0.6 is 0 Å². The average molecular weight is 242 g/mol. The van der Waals surface area contributed by atoms with Crippen molar-refractivity contribution in [3.8, 4) is 0 Å². The van der Waals surface area contributed by atoms with Gasteiger partial charge in [-0.1, -0.05) is 0 Å². The van der Waals surface area contributed by atoms with Crippen LogP contribution in [0.3, 0.4) is 0 Å². The van der Waals surface area contributed by atoms with E-state index in [-0.39, 0.29) is 0 Å². The molecule has 0 aromatic rings. The van der Waals surface area contributed by atoms with E-state index in [2.05, 4.69) is 12.0 Å². The van der Waals surface area contributed by atoms with E-state index in [9.17, 15) is 25.6 Å². The maximum absolute atomic E-state index is 11.3. The van der Waals surface area contributed by atoms with Gasteiger partial charge in [0.15, 0.2) is 0 Å². The summed E-state index contributed by atoms with van der Waals surface area (Å²) in [6.07, 6.45) is 0. The summed E-state index contributed by atoms with van der Waals surface area (Å²) < 4.78 is 73.1. The van der Waals surface area contributed by atoms with Crippen LogP contribution in [0, 0.1) is 0 Å². The Morgan fingerprint density at radius 2 is 1.15 bits per heavy atom. The first-order valence-electron chi connectivity index (χ1n) is 2.45. The van der Waals surface area contributed by atoms with Gasteiger partial charge in [-0.3, -0.25) is 0 Å². The van der Waals surface area contributed by atoms with E-state index in [1.807, 2.05) is 0 Å². The highest BCUT2D eigenvalue weighted by atomic mass is 32.3. The Morgan fingerprint density at radius 3 is 1.38 bits per heavy atom. The highest BCUT2D eigenvalue weighted by Crippen LogP contribution is 2.05. The summed E-state index contributed by atoms with van der Waals surface area (Å²) in [5, 5.41) is 0. The molecule has 0 rings (SSSR count). The van der Waals surface area contributed by atoms with Crippen molar-refractivity contribution in [2.24, 2.45) is 0 Å². The van der Waals surface area contributed by atoms with Crippen molar-refractivity contribution in [3.63, 3.8) is 0 Å². The summed E-state index contributed by atoms with van der Waals surface area (Å²) in [7, 11) is -10.1. The smallest absolute Gasteiger partial charge is 0.219 e. The van der Waals surface area contributed by atoms with E-state index < -0.39 is 34.5 Å². The van der Waals surface area contributed by atoms with Crippen molar-refractivity contribution in [2.45, 2.75) is 0 Å². The molecule has 0 aliphatic rings. The Bertz CT molecular complexity index is 296. The third-order valence-corrected chi connectivity index (χ3v) is 2.63. The van der Waals surface area contributed by atoms with Gasteiger partial charge in [0, 0.05) is 0 Å². The molecule has 0 atom stereocenters. The lowest BCUT2D eigenvalue weighted by Crippen LogP contribution is -2.17. The van der Waals surface area contributed by atoms with Crippen LogP contribution in [0.4, 0.5) is 8.78 Å². The first kappa shape index (κ1) is 12.6. The SMILES string of the molecule is O=S(=O)(OCF)OS(=O)(=O)OCF. The second kappa shape index (κ2) is 4.76. The topological polar surface area (TPSA) is 96.0 Å². The number of hydrogen-bond acceptors (Lipinski definition) is 7. The molecule has 0 unspecified atom stereocenters. The van der Waals surface area contributed by atoms with Crippen molar-refractivity contribution in [2.75, 3.05) is 13.7 Å². The Kier molecular flexibility index (Phi) is 4.63. The summed E-state index contributed by atoms with van der Waals surface area (Å²) in [6.45, 7) is -3.62. The highest BCUT2D eigenvalue weighted by molar-refractivity contribution is 7.95. The summed E-state index contributed by atoms with van der Waals surface area (Å²) in [5.41, 5.74) is 0. The Balaban J connectivity index is 4.44. The van der Waals surface area contributed by atoms with Gasteiger partial charge < -0.3 is 0 Å². The molecule has 0 saturated carbocycles. The second-order valence-electron chi connectivity index (χ2n) is 1.34. The number of rotatable bonds is 6. The quantitative estimate of drug-likeness (QED) is 0.612. The normalized spacial score (nSPS) is 13.1. The molecular weight excluding hydrogens is 238 g/mol. The zero-order chi connectivity index (χ0) is 10.5. The van der Waals surface area contributed by atoms with E-state index in [1.165, 1.54) is 0 Å². The predicted octanol–water partition coefficient (Wildman–Crippen LogP) is -0.620. The third-order valence-electron chi connectivity index (χ3n) is 0.544. The number of halogens is 2. The largest absolute Gasteiger partial charge is 0.418 e. The molecule has 7 nitrogen and oxygen atoms in total. The fraction of sp³-hybridized carbons (Fsp3) is 1.00. The van der Waals surface area contributed by atoms with E-state index in [0.29, 0.717) is 0 Å². The average Bonchev–Trinajstić information content (AvgIpc) is 1.82. The molecule has 0 heterocycles. The molecule has 0 spiro atoms. The first-order valence-corrected chi connectivity index (χ1v) is 5.11. The van der Waals surface area contributed by atoms with Crippen LogP contribution in [-0.4, -0.2) is 30.6 Å². The van der Waals surface area contributed by atoms with Crippen molar-refractivity contribution < 1.29 is 37.6 Å². The molecule has 0 aromatic carbocycles. The maximum atomic E-state index is 11.3. The van der Waals surface area contributed by atoms with Crippen LogP contribution in [-0.2, 0) is 32.8 Å². The van der Waals surface area contributed by atoms with Crippen molar-refractivity contribution in [1.29, 1.82) is 0 Å². The first-order chi connectivity index (χ1) is 5.83. The Hall–Kier alpha value is -0.360. The van der Waals surface area contributed by atoms with Gasteiger partial charge in [-0.05, 0) is 0 Å². The van der Waals surface area contributed by atoms with Gasteiger partial charge in [-0.15, -0.1) is 3.63 Å². The summed E-state index contributed by atoms with van der Waals surface area (Å²) in [5.74, 6) is 0. The van der Waals surface area contributed by atoms with Gasteiger partial charge >= 0.3 is 20.8 Å². The highest BCUT2D eigenvalue weighted by Gasteiger charge is 2.24. The van der Waals surface area contributed by atoms with E-state index in [0.717, 1.165) is 0 Å². The molecule has 11 heteroatoms. The minimum absolute atomic E-state index is 1.81. The summed E-state index contributed by atoms with van der Waals surface area (Å²) >= 11 is 0. The standard InChI is InChI=1S/C2H4F2O7S2/c3-1-9-12(5,6)11-13(7,8)10-2-4/h1-2H2. The van der Waals surface area contributed by atoms with Gasteiger partial charge in [0.25, 0.3) is 0 Å². The molecule has 0 aliphatic carbocycles. The molecule has 80 valence electrons. The Morgan fingerprint density at radius 1 is 0.846 bits per heavy atom. The van der Waals surface area contributed by atoms with E-state index in [4.69, 9.17) is 0 Å². The molecule has 0 bridgehead atoms. The molecule has 0 saturated heterocycles. The van der Waals surface area contributed by atoms with Gasteiger partial charge in [0.1, 0.15) is 0 Å². The van der Waals surface area contributed by atoms with Gasteiger partial charge in [0.2, 0.25) is 13.7 Å². The zero-order valence-corrected chi connectivity index (χ0v) is 7.48. The number of hydrogen-bond donors (Lipinski definition) is 0. The number of alkyl halides is 2. The van der Waals surface area contributed by atoms with Crippen molar-refractivity contribution in [1.82, 2.24) is 0 Å². The predicted molar refractivity (Wildman–Crippen MR) is 33.0 cm³/mol. The lowest BCUT2D eigenvalue weighted by Gasteiger charge is -2.01. The molecule has 0 fully saturated rings. The molecule has 0 radical (unpaired) electrons. The van der Waals surface area contributed by atoms with Crippen LogP contribution in [0.25, 0.3) is 0 Å². The fourth-order valence-electron chi connectivity index (χ4n) is 0.250. The van der Waals surface area contributed by atoms with Crippen LogP contribution in [0.2, 0.25) is 0 Å². The second-order valence-corrected chi connectivity index (χ2v) is 3.99. The zero-order valence-electron chi connectivity index (χ0n) is 5.84. The summed E-state index contributed by atoms with van der Waals surface area (Å²) in [4.78, 5) is 0. The summed E-state index contributed by atoms with van der Waals surface area (Å²) in [6, 6.07) is 0. The Labute approximate surface area is 72.9 Å². The minimum Gasteiger partial charge on any atom is -0.219 e. The molecule has 0 aromatic heterocycles.